The van der Waals surface area contributed by atoms with Gasteiger partial charge in [-0.15, -0.1) is 0 Å². The first kappa shape index (κ1) is 24.4. The van der Waals surface area contributed by atoms with Gasteiger partial charge in [-0.05, 0) is 135 Å². The van der Waals surface area contributed by atoms with Crippen molar-refractivity contribution in [1.29, 1.82) is 0 Å². The molecule has 0 fully saturated rings. The van der Waals surface area contributed by atoms with Gasteiger partial charge in [0.15, 0.2) is 0 Å². The first-order valence-corrected chi connectivity index (χ1v) is 16.1. The molecule has 0 heteroatoms. The van der Waals surface area contributed by atoms with Crippen LogP contribution in [0.5, 0.6) is 0 Å². The van der Waals surface area contributed by atoms with Gasteiger partial charge in [0.05, 0.1) is 0 Å². The van der Waals surface area contributed by atoms with Crippen molar-refractivity contribution in [3.63, 3.8) is 0 Å². The Morgan fingerprint density at radius 2 is 0.674 bits per heavy atom. The Kier molecular flexibility index (Phi) is 4.66. The molecule has 0 aromatic heterocycles. The fourth-order valence-corrected chi connectivity index (χ4v) is 8.58. The van der Waals surface area contributed by atoms with Crippen LogP contribution in [-0.2, 0) is 0 Å². The van der Waals surface area contributed by atoms with E-state index >= 15 is 0 Å². The highest BCUT2D eigenvalue weighted by Crippen LogP contribution is 2.60. The molecule has 0 nitrogen and oxygen atoms in total. The average molecular weight is 579 g/mol. The molecule has 0 radical (unpaired) electrons. The molecule has 0 aliphatic heterocycles. The second kappa shape index (κ2) is 8.81. The van der Waals surface area contributed by atoms with Crippen LogP contribution >= 0.6 is 0 Å². The molecule has 8 aromatic rings. The van der Waals surface area contributed by atoms with Gasteiger partial charge in [-0.25, -0.2) is 0 Å². The van der Waals surface area contributed by atoms with Crippen molar-refractivity contribution >= 4 is 54.6 Å². The minimum atomic E-state index is 1.26. The molecule has 0 N–H and O–H groups in total. The summed E-state index contributed by atoms with van der Waals surface area (Å²) in [6.45, 7) is 0. The van der Waals surface area contributed by atoms with Gasteiger partial charge in [-0.1, -0.05) is 133 Å². The average Bonchev–Trinajstić information content (AvgIpc) is 3.73. The Balaban J connectivity index is 1.33. The fraction of sp³-hybridized carbons (Fsp3) is 0. The Bertz CT molecular complexity index is 2690. The molecule has 46 heavy (non-hydrogen) atoms. The SMILES string of the molecule is c1ccc(C2=C3C(=C(c4ccc5c6c(cccc46)-c4ccccc4-5)c4cc5ccccc5cc43)c3cc4ccccc4cc32)cc1. The second-order valence-corrected chi connectivity index (χ2v) is 12.8. The Hall–Kier alpha value is -5.98. The third-order valence-corrected chi connectivity index (χ3v) is 10.5. The van der Waals surface area contributed by atoms with Crippen LogP contribution in [0.25, 0.3) is 76.9 Å². The minimum absolute atomic E-state index is 1.26. The molecule has 0 saturated carbocycles. The van der Waals surface area contributed by atoms with Crippen LogP contribution in [0.4, 0.5) is 0 Å². The smallest absolute Gasteiger partial charge is 0.000718 e. The van der Waals surface area contributed by atoms with Crippen LogP contribution in [0.2, 0.25) is 0 Å². The number of rotatable bonds is 2. The Morgan fingerprint density at radius 1 is 0.239 bits per heavy atom. The van der Waals surface area contributed by atoms with Gasteiger partial charge in [0.2, 0.25) is 0 Å². The molecule has 0 spiro atoms. The van der Waals surface area contributed by atoms with Crippen molar-refractivity contribution in [3.8, 4) is 22.3 Å². The lowest BCUT2D eigenvalue weighted by molar-refractivity contribution is 1.56. The van der Waals surface area contributed by atoms with E-state index in [1.54, 1.807) is 0 Å². The van der Waals surface area contributed by atoms with Gasteiger partial charge < -0.3 is 0 Å². The highest BCUT2D eigenvalue weighted by Gasteiger charge is 2.39. The predicted octanol–water partition coefficient (Wildman–Crippen LogP) is 12.0. The van der Waals surface area contributed by atoms with Gasteiger partial charge in [-0.3, -0.25) is 0 Å². The quantitative estimate of drug-likeness (QED) is 0.191. The summed E-state index contributed by atoms with van der Waals surface area (Å²) in [5, 5.41) is 7.80. The maximum absolute atomic E-state index is 2.44. The van der Waals surface area contributed by atoms with Crippen molar-refractivity contribution in [2.24, 2.45) is 0 Å². The first-order valence-electron chi connectivity index (χ1n) is 16.1. The maximum atomic E-state index is 2.44. The molecule has 3 aliphatic rings. The van der Waals surface area contributed by atoms with E-state index in [1.807, 2.05) is 0 Å². The molecular formula is C46H26. The van der Waals surface area contributed by atoms with Crippen molar-refractivity contribution in [3.05, 3.63) is 191 Å². The number of fused-ring (bicyclic) bond motifs is 10. The fourth-order valence-electron chi connectivity index (χ4n) is 8.58. The largest absolute Gasteiger partial charge is 0.0622 e. The van der Waals surface area contributed by atoms with E-state index in [9.17, 15) is 0 Å². The van der Waals surface area contributed by atoms with E-state index in [0.29, 0.717) is 0 Å². The number of benzene rings is 8. The molecule has 3 aliphatic carbocycles. The van der Waals surface area contributed by atoms with Crippen LogP contribution in [0.3, 0.4) is 0 Å². The Morgan fingerprint density at radius 3 is 1.28 bits per heavy atom. The topological polar surface area (TPSA) is 0 Å². The summed E-state index contributed by atoms with van der Waals surface area (Å²) in [6.07, 6.45) is 0. The summed E-state index contributed by atoms with van der Waals surface area (Å²) >= 11 is 0. The normalized spacial score (nSPS) is 13.9. The van der Waals surface area contributed by atoms with Crippen molar-refractivity contribution in [2.45, 2.75) is 0 Å². The summed E-state index contributed by atoms with van der Waals surface area (Å²) in [5.41, 5.74) is 18.6. The third kappa shape index (κ3) is 3.08. The number of hydrogen-bond donors (Lipinski definition) is 0. The van der Waals surface area contributed by atoms with Gasteiger partial charge in [0.1, 0.15) is 0 Å². The molecule has 0 heterocycles. The summed E-state index contributed by atoms with van der Waals surface area (Å²) in [7, 11) is 0. The summed E-state index contributed by atoms with van der Waals surface area (Å²) in [4.78, 5) is 0. The van der Waals surface area contributed by atoms with Gasteiger partial charge >= 0.3 is 0 Å². The van der Waals surface area contributed by atoms with E-state index in [-0.39, 0.29) is 0 Å². The molecule has 0 saturated heterocycles. The van der Waals surface area contributed by atoms with Crippen LogP contribution in [0, 0.1) is 0 Å². The summed E-state index contributed by atoms with van der Waals surface area (Å²) in [5.74, 6) is 0. The van der Waals surface area contributed by atoms with Crippen LogP contribution in [0.1, 0.15) is 33.4 Å². The van der Waals surface area contributed by atoms with Crippen LogP contribution in [0.15, 0.2) is 158 Å². The molecular weight excluding hydrogens is 553 g/mol. The maximum Gasteiger partial charge on any atom is -0.000718 e. The molecule has 0 atom stereocenters. The van der Waals surface area contributed by atoms with E-state index < -0.39 is 0 Å². The van der Waals surface area contributed by atoms with Gasteiger partial charge in [0, 0.05) is 0 Å². The highest BCUT2D eigenvalue weighted by molar-refractivity contribution is 6.37. The molecule has 0 amide bonds. The first-order chi connectivity index (χ1) is 22.8. The molecule has 11 rings (SSSR count). The number of allylic oxidation sites excluding steroid dienone is 2. The lowest BCUT2D eigenvalue weighted by Gasteiger charge is -2.16. The lowest BCUT2D eigenvalue weighted by Crippen LogP contribution is -1.94. The zero-order valence-corrected chi connectivity index (χ0v) is 25.0. The monoisotopic (exact) mass is 578 g/mol. The van der Waals surface area contributed by atoms with E-state index in [1.165, 1.54) is 110 Å². The second-order valence-electron chi connectivity index (χ2n) is 12.8. The summed E-state index contributed by atoms with van der Waals surface area (Å²) in [6, 6.07) is 58.9. The molecule has 210 valence electrons. The molecule has 8 aromatic carbocycles. The van der Waals surface area contributed by atoms with Crippen molar-refractivity contribution < 1.29 is 0 Å². The minimum Gasteiger partial charge on any atom is -0.0622 e. The van der Waals surface area contributed by atoms with Gasteiger partial charge in [0.25, 0.3) is 0 Å². The molecule has 0 unspecified atom stereocenters. The Labute approximate surface area is 267 Å². The van der Waals surface area contributed by atoms with E-state index in [0.717, 1.165) is 0 Å². The highest BCUT2D eigenvalue weighted by atomic mass is 14.4. The zero-order valence-electron chi connectivity index (χ0n) is 25.0. The lowest BCUT2D eigenvalue weighted by atomic mass is 9.87. The predicted molar refractivity (Wildman–Crippen MR) is 195 cm³/mol. The van der Waals surface area contributed by atoms with Crippen LogP contribution in [-0.4, -0.2) is 0 Å². The summed E-state index contributed by atoms with van der Waals surface area (Å²) < 4.78 is 0. The molecule has 0 bridgehead atoms. The van der Waals surface area contributed by atoms with Crippen molar-refractivity contribution in [2.75, 3.05) is 0 Å². The number of hydrogen-bond acceptors (Lipinski definition) is 0. The standard InChI is InChI=1S/C46H26/c1-2-11-27(12-3-1)42-38-23-28-13-4-6-15-30(28)25-40(38)46-44(39-24-29-14-5-7-16-31(29)26-41(39)45(42)46)37-22-21-36-33-18-9-8-17-32(33)34-19-10-20-35(37)43(34)36/h1-26H. The van der Waals surface area contributed by atoms with Gasteiger partial charge in [-0.2, -0.15) is 0 Å². The van der Waals surface area contributed by atoms with E-state index in [4.69, 9.17) is 0 Å². The zero-order chi connectivity index (χ0) is 29.9. The van der Waals surface area contributed by atoms with Crippen molar-refractivity contribution in [1.82, 2.24) is 0 Å². The van der Waals surface area contributed by atoms with E-state index in [2.05, 4.69) is 158 Å². The van der Waals surface area contributed by atoms with Crippen LogP contribution < -0.4 is 0 Å². The third-order valence-electron chi connectivity index (χ3n) is 10.5.